The van der Waals surface area contributed by atoms with Crippen LogP contribution >= 0.6 is 24.0 Å². The second-order valence-corrected chi connectivity index (χ2v) is 6.49. The van der Waals surface area contributed by atoms with Crippen molar-refractivity contribution < 1.29 is 4.74 Å². The largest absolute Gasteiger partial charge is 0.497 e. The Morgan fingerprint density at radius 1 is 1.12 bits per heavy atom. The van der Waals surface area contributed by atoms with Crippen LogP contribution in [-0.4, -0.2) is 19.6 Å². The van der Waals surface area contributed by atoms with E-state index in [2.05, 4.69) is 41.5 Å². The number of hydrogen-bond donors (Lipinski definition) is 2. The van der Waals surface area contributed by atoms with Gasteiger partial charge in [-0.2, -0.15) is 0 Å². The normalized spacial score (nSPS) is 15.3. The number of benzene rings is 2. The van der Waals surface area contributed by atoms with E-state index in [0.29, 0.717) is 5.96 Å². The van der Waals surface area contributed by atoms with Crippen LogP contribution in [0.5, 0.6) is 5.75 Å². The number of aliphatic imine (C=N–C) groups is 1. The fourth-order valence-corrected chi connectivity index (χ4v) is 3.13. The van der Waals surface area contributed by atoms with Gasteiger partial charge in [0.15, 0.2) is 5.96 Å². The standard InChI is InChI=1S/C19H23N3O.HI/c1-19(11-14-5-3-4-6-15(14)12-19)13-21-18(20)22-16-7-9-17(23-2)10-8-16;/h3-10H,11-13H2,1-2H3,(H3,20,21,22);1H. The molecule has 0 aliphatic heterocycles. The zero-order chi connectivity index (χ0) is 16.3. The molecule has 0 unspecified atom stereocenters. The van der Waals surface area contributed by atoms with Crippen molar-refractivity contribution in [2.24, 2.45) is 16.1 Å². The SMILES string of the molecule is COc1ccc(NC(N)=NCC2(C)Cc3ccccc3C2)cc1.I. The molecule has 2 aromatic rings. The van der Waals surface area contributed by atoms with Gasteiger partial charge in [0, 0.05) is 12.2 Å². The summed E-state index contributed by atoms with van der Waals surface area (Å²) >= 11 is 0. The average molecular weight is 437 g/mol. The first-order chi connectivity index (χ1) is 11.1. The first kappa shape index (κ1) is 18.6. The van der Waals surface area contributed by atoms with Gasteiger partial charge in [0.2, 0.25) is 0 Å². The Bertz CT molecular complexity index is 688. The van der Waals surface area contributed by atoms with Crippen molar-refractivity contribution in [3.05, 3.63) is 59.7 Å². The third-order valence-corrected chi connectivity index (χ3v) is 4.35. The first-order valence-corrected chi connectivity index (χ1v) is 7.86. The minimum atomic E-state index is 0. The van der Waals surface area contributed by atoms with Crippen LogP contribution in [0.2, 0.25) is 0 Å². The van der Waals surface area contributed by atoms with Gasteiger partial charge in [-0.3, -0.25) is 4.99 Å². The second kappa shape index (κ2) is 7.88. The maximum atomic E-state index is 6.03. The molecule has 0 atom stereocenters. The number of anilines is 1. The molecule has 3 N–H and O–H groups in total. The van der Waals surface area contributed by atoms with Gasteiger partial charge in [-0.15, -0.1) is 24.0 Å². The van der Waals surface area contributed by atoms with Crippen LogP contribution in [0.1, 0.15) is 18.1 Å². The van der Waals surface area contributed by atoms with E-state index < -0.39 is 0 Å². The molecule has 128 valence electrons. The molecular weight excluding hydrogens is 413 g/mol. The summed E-state index contributed by atoms with van der Waals surface area (Å²) in [4.78, 5) is 4.55. The van der Waals surface area contributed by atoms with Gasteiger partial charge in [-0.1, -0.05) is 31.2 Å². The van der Waals surface area contributed by atoms with Crippen LogP contribution in [0.15, 0.2) is 53.5 Å². The zero-order valence-electron chi connectivity index (χ0n) is 14.1. The number of hydrogen-bond acceptors (Lipinski definition) is 2. The van der Waals surface area contributed by atoms with Crippen LogP contribution in [0.25, 0.3) is 0 Å². The number of nitrogens with one attached hydrogen (secondary N) is 1. The lowest BCUT2D eigenvalue weighted by molar-refractivity contribution is 0.360. The fourth-order valence-electron chi connectivity index (χ4n) is 3.13. The van der Waals surface area contributed by atoms with Crippen LogP contribution in [0.3, 0.4) is 0 Å². The highest BCUT2D eigenvalue weighted by Gasteiger charge is 2.32. The Kier molecular flexibility index (Phi) is 6.10. The van der Waals surface area contributed by atoms with E-state index in [1.54, 1.807) is 7.11 Å². The third kappa shape index (κ3) is 4.41. The van der Waals surface area contributed by atoms with E-state index >= 15 is 0 Å². The molecule has 0 aromatic heterocycles. The van der Waals surface area contributed by atoms with E-state index in [1.807, 2.05) is 24.3 Å². The first-order valence-electron chi connectivity index (χ1n) is 7.86. The number of ether oxygens (including phenoxy) is 1. The van der Waals surface area contributed by atoms with E-state index in [1.165, 1.54) is 11.1 Å². The summed E-state index contributed by atoms with van der Waals surface area (Å²) in [5.41, 5.74) is 9.96. The average Bonchev–Trinajstić information content (AvgIpc) is 2.90. The number of rotatable bonds is 4. The lowest BCUT2D eigenvalue weighted by Gasteiger charge is -2.21. The van der Waals surface area contributed by atoms with Crippen molar-refractivity contribution in [3.63, 3.8) is 0 Å². The molecule has 0 radical (unpaired) electrons. The summed E-state index contributed by atoms with van der Waals surface area (Å²) in [7, 11) is 1.65. The molecule has 0 spiro atoms. The quantitative estimate of drug-likeness (QED) is 0.434. The summed E-state index contributed by atoms with van der Waals surface area (Å²) in [6.45, 7) is 2.99. The highest BCUT2D eigenvalue weighted by atomic mass is 127. The molecule has 3 rings (SSSR count). The number of guanidine groups is 1. The molecule has 1 aliphatic rings. The molecule has 0 saturated heterocycles. The molecule has 4 nitrogen and oxygen atoms in total. The van der Waals surface area contributed by atoms with Gasteiger partial charge < -0.3 is 15.8 Å². The van der Waals surface area contributed by atoms with Gasteiger partial charge >= 0.3 is 0 Å². The third-order valence-electron chi connectivity index (χ3n) is 4.35. The Morgan fingerprint density at radius 2 is 1.71 bits per heavy atom. The smallest absolute Gasteiger partial charge is 0.193 e. The second-order valence-electron chi connectivity index (χ2n) is 6.49. The maximum Gasteiger partial charge on any atom is 0.193 e. The number of halogens is 1. The predicted octanol–water partition coefficient (Wildman–Crippen LogP) is 3.84. The van der Waals surface area contributed by atoms with Crippen molar-refractivity contribution in [2.75, 3.05) is 19.0 Å². The Morgan fingerprint density at radius 3 is 2.25 bits per heavy atom. The number of fused-ring (bicyclic) bond motifs is 1. The summed E-state index contributed by atoms with van der Waals surface area (Å²) in [6.07, 6.45) is 2.12. The van der Waals surface area contributed by atoms with Gasteiger partial charge in [0.05, 0.1) is 7.11 Å². The molecule has 24 heavy (non-hydrogen) atoms. The molecule has 0 heterocycles. The number of nitrogens with two attached hydrogens (primary N) is 1. The number of nitrogens with zero attached hydrogens (tertiary/aromatic N) is 1. The molecule has 2 aromatic carbocycles. The van der Waals surface area contributed by atoms with Crippen molar-refractivity contribution >= 4 is 35.6 Å². The Hall–Kier alpha value is -1.76. The van der Waals surface area contributed by atoms with Crippen molar-refractivity contribution in [1.29, 1.82) is 0 Å². The maximum absolute atomic E-state index is 6.03. The summed E-state index contributed by atoms with van der Waals surface area (Å²) < 4.78 is 5.14. The zero-order valence-corrected chi connectivity index (χ0v) is 16.4. The van der Waals surface area contributed by atoms with Crippen LogP contribution in [0.4, 0.5) is 5.69 Å². The van der Waals surface area contributed by atoms with Gasteiger partial charge in [-0.05, 0) is 53.6 Å². The van der Waals surface area contributed by atoms with Gasteiger partial charge in [-0.25, -0.2) is 0 Å². The fraction of sp³-hybridized carbons (Fsp3) is 0.316. The lowest BCUT2D eigenvalue weighted by Crippen LogP contribution is -2.27. The van der Waals surface area contributed by atoms with Crippen LogP contribution < -0.4 is 15.8 Å². The van der Waals surface area contributed by atoms with Crippen LogP contribution in [-0.2, 0) is 12.8 Å². The molecule has 5 heteroatoms. The summed E-state index contributed by atoms with van der Waals surface area (Å²) in [6, 6.07) is 16.3. The summed E-state index contributed by atoms with van der Waals surface area (Å²) in [5, 5.41) is 3.13. The molecule has 0 amide bonds. The van der Waals surface area contributed by atoms with E-state index in [-0.39, 0.29) is 29.4 Å². The number of methoxy groups -OCH3 is 1. The van der Waals surface area contributed by atoms with Crippen LogP contribution in [0, 0.1) is 5.41 Å². The minimum absolute atomic E-state index is 0. The molecule has 0 saturated carbocycles. The molecular formula is C19H24IN3O. The Balaban J connectivity index is 0.00000208. The van der Waals surface area contributed by atoms with E-state index in [9.17, 15) is 0 Å². The predicted molar refractivity (Wildman–Crippen MR) is 110 cm³/mol. The topological polar surface area (TPSA) is 59.6 Å². The van der Waals surface area contributed by atoms with Crippen molar-refractivity contribution in [1.82, 2.24) is 0 Å². The monoisotopic (exact) mass is 437 g/mol. The lowest BCUT2D eigenvalue weighted by atomic mass is 9.87. The molecule has 0 fully saturated rings. The van der Waals surface area contributed by atoms with Crippen molar-refractivity contribution in [3.8, 4) is 5.75 Å². The Labute approximate surface area is 160 Å². The van der Waals surface area contributed by atoms with E-state index in [4.69, 9.17) is 10.5 Å². The van der Waals surface area contributed by atoms with E-state index in [0.717, 1.165) is 30.8 Å². The van der Waals surface area contributed by atoms with Crippen molar-refractivity contribution in [2.45, 2.75) is 19.8 Å². The molecule has 1 aliphatic carbocycles. The van der Waals surface area contributed by atoms with Gasteiger partial charge in [0.25, 0.3) is 0 Å². The molecule has 0 bridgehead atoms. The summed E-state index contributed by atoms with van der Waals surface area (Å²) in [5.74, 6) is 1.27. The highest BCUT2D eigenvalue weighted by Crippen LogP contribution is 2.36. The van der Waals surface area contributed by atoms with Gasteiger partial charge in [0.1, 0.15) is 5.75 Å². The minimum Gasteiger partial charge on any atom is -0.497 e. The highest BCUT2D eigenvalue weighted by molar-refractivity contribution is 14.0.